The van der Waals surface area contributed by atoms with Crippen LogP contribution in [0.3, 0.4) is 0 Å². The summed E-state index contributed by atoms with van der Waals surface area (Å²) in [5.74, 6) is 0. The second kappa shape index (κ2) is 9.44. The molecule has 0 aromatic carbocycles. The van der Waals surface area contributed by atoms with Crippen molar-refractivity contribution in [2.45, 2.75) is 32.6 Å². The smallest absolute Gasteiger partial charge is 0.0612 e. The molecule has 0 amide bonds. The highest BCUT2D eigenvalue weighted by molar-refractivity contribution is 4.87. The van der Waals surface area contributed by atoms with E-state index < -0.39 is 0 Å². The zero-order valence-electron chi connectivity index (χ0n) is 7.29. The molecule has 0 aliphatic heterocycles. The Morgan fingerprint density at radius 3 is 2.00 bits per heavy atom. The van der Waals surface area contributed by atoms with E-state index in [1.807, 2.05) is 6.08 Å². The molecule has 1 heteroatoms. The van der Waals surface area contributed by atoms with E-state index in [0.29, 0.717) is 0 Å². The molecule has 0 radical (unpaired) electrons. The van der Waals surface area contributed by atoms with Gasteiger partial charge in [-0.25, -0.2) is 0 Å². The highest BCUT2D eigenvalue weighted by Gasteiger charge is 1.76. The molecular weight excluding hydrogens is 136 g/mol. The molecule has 0 aliphatic rings. The van der Waals surface area contributed by atoms with Gasteiger partial charge < -0.3 is 5.11 Å². The quantitative estimate of drug-likeness (QED) is 0.460. The number of hydrogen-bond acceptors (Lipinski definition) is 1. The van der Waals surface area contributed by atoms with Crippen molar-refractivity contribution in [3.63, 3.8) is 0 Å². The Hall–Kier alpha value is -0.560. The largest absolute Gasteiger partial charge is 0.392 e. The van der Waals surface area contributed by atoms with E-state index in [1.54, 1.807) is 6.08 Å². The monoisotopic (exact) mass is 154 g/mol. The number of allylic oxidation sites excluding steroid dienone is 3. The highest BCUT2D eigenvalue weighted by atomic mass is 16.2. The van der Waals surface area contributed by atoms with Gasteiger partial charge in [0.1, 0.15) is 0 Å². The molecule has 0 fully saturated rings. The van der Waals surface area contributed by atoms with E-state index in [0.717, 1.165) is 12.8 Å². The molecule has 0 saturated carbocycles. The molecule has 1 N–H and O–H groups in total. The average molecular weight is 154 g/mol. The average Bonchev–Trinajstić information content (AvgIpc) is 2.03. The van der Waals surface area contributed by atoms with Crippen LogP contribution in [0.5, 0.6) is 0 Å². The standard InChI is InChI=1S/C10H18O/c1-2-3-4-5-6-7-8-9-10-11/h4-5,8-9,11H,2-3,6-7,10H2,1H3/b5-4-,9-8+. The summed E-state index contributed by atoms with van der Waals surface area (Å²) in [6, 6.07) is 0. The van der Waals surface area contributed by atoms with Crippen LogP contribution in [-0.2, 0) is 0 Å². The lowest BCUT2D eigenvalue weighted by Gasteiger charge is -1.86. The minimum atomic E-state index is 0.165. The summed E-state index contributed by atoms with van der Waals surface area (Å²) in [6.45, 7) is 2.34. The maximum absolute atomic E-state index is 8.40. The first kappa shape index (κ1) is 10.4. The van der Waals surface area contributed by atoms with Gasteiger partial charge in [-0.2, -0.15) is 0 Å². The first-order valence-electron chi connectivity index (χ1n) is 4.32. The van der Waals surface area contributed by atoms with Crippen LogP contribution in [0.15, 0.2) is 24.3 Å². The van der Waals surface area contributed by atoms with Crippen LogP contribution in [0.25, 0.3) is 0 Å². The second-order valence-corrected chi connectivity index (χ2v) is 2.49. The van der Waals surface area contributed by atoms with Crippen LogP contribution in [0, 0.1) is 0 Å². The minimum Gasteiger partial charge on any atom is -0.392 e. The minimum absolute atomic E-state index is 0.165. The number of aliphatic hydroxyl groups excluding tert-OH is 1. The summed E-state index contributed by atoms with van der Waals surface area (Å²) in [7, 11) is 0. The van der Waals surface area contributed by atoms with Gasteiger partial charge in [0.2, 0.25) is 0 Å². The van der Waals surface area contributed by atoms with Crippen molar-refractivity contribution in [2.75, 3.05) is 6.61 Å². The lowest BCUT2D eigenvalue weighted by atomic mass is 10.2. The third-order valence-electron chi connectivity index (χ3n) is 1.39. The summed E-state index contributed by atoms with van der Waals surface area (Å²) in [6.07, 6.45) is 12.8. The van der Waals surface area contributed by atoms with Gasteiger partial charge in [0, 0.05) is 0 Å². The van der Waals surface area contributed by atoms with Crippen molar-refractivity contribution < 1.29 is 5.11 Å². The lowest BCUT2D eigenvalue weighted by Crippen LogP contribution is -1.71. The van der Waals surface area contributed by atoms with E-state index in [9.17, 15) is 0 Å². The highest BCUT2D eigenvalue weighted by Crippen LogP contribution is 1.95. The normalized spacial score (nSPS) is 11.8. The number of unbranched alkanes of at least 4 members (excludes halogenated alkanes) is 2. The molecule has 0 heterocycles. The molecule has 0 aromatic heterocycles. The molecule has 0 atom stereocenters. The van der Waals surface area contributed by atoms with Gasteiger partial charge in [0.15, 0.2) is 0 Å². The Balaban J connectivity index is 3.06. The van der Waals surface area contributed by atoms with E-state index in [4.69, 9.17) is 5.11 Å². The Bertz CT molecular complexity index is 114. The third kappa shape index (κ3) is 9.44. The van der Waals surface area contributed by atoms with Crippen LogP contribution in [0.4, 0.5) is 0 Å². The topological polar surface area (TPSA) is 20.2 Å². The van der Waals surface area contributed by atoms with Gasteiger partial charge in [-0.3, -0.25) is 0 Å². The lowest BCUT2D eigenvalue weighted by molar-refractivity contribution is 0.342. The molecular formula is C10H18O. The van der Waals surface area contributed by atoms with Gasteiger partial charge in [-0.05, 0) is 19.3 Å². The third-order valence-corrected chi connectivity index (χ3v) is 1.39. The number of rotatable bonds is 6. The fourth-order valence-corrected chi connectivity index (χ4v) is 0.787. The number of hydrogen-bond donors (Lipinski definition) is 1. The van der Waals surface area contributed by atoms with E-state index in [-0.39, 0.29) is 6.61 Å². The van der Waals surface area contributed by atoms with Crippen LogP contribution >= 0.6 is 0 Å². The van der Waals surface area contributed by atoms with E-state index in [1.165, 1.54) is 12.8 Å². The number of aliphatic hydroxyl groups is 1. The van der Waals surface area contributed by atoms with Crippen molar-refractivity contribution in [3.8, 4) is 0 Å². The van der Waals surface area contributed by atoms with E-state index >= 15 is 0 Å². The Morgan fingerprint density at radius 1 is 0.909 bits per heavy atom. The van der Waals surface area contributed by atoms with Crippen LogP contribution in [0.2, 0.25) is 0 Å². The maximum atomic E-state index is 8.40. The molecule has 1 nitrogen and oxygen atoms in total. The van der Waals surface area contributed by atoms with Crippen molar-refractivity contribution in [1.29, 1.82) is 0 Å². The summed E-state index contributed by atoms with van der Waals surface area (Å²) in [4.78, 5) is 0. The zero-order valence-corrected chi connectivity index (χ0v) is 7.29. The predicted octanol–water partition coefficient (Wildman–Crippen LogP) is 2.67. The fourth-order valence-electron chi connectivity index (χ4n) is 0.787. The molecule has 64 valence electrons. The summed E-state index contributed by atoms with van der Waals surface area (Å²) in [5, 5.41) is 8.40. The molecule has 0 bridgehead atoms. The van der Waals surface area contributed by atoms with Gasteiger partial charge in [-0.15, -0.1) is 0 Å². The van der Waals surface area contributed by atoms with Crippen LogP contribution in [-0.4, -0.2) is 11.7 Å². The summed E-state index contributed by atoms with van der Waals surface area (Å²) >= 11 is 0. The Labute approximate surface area is 69.4 Å². The zero-order chi connectivity index (χ0) is 8.36. The molecule has 0 aromatic rings. The molecule has 11 heavy (non-hydrogen) atoms. The van der Waals surface area contributed by atoms with Gasteiger partial charge in [0.25, 0.3) is 0 Å². The van der Waals surface area contributed by atoms with Crippen LogP contribution in [0.1, 0.15) is 32.6 Å². The molecule has 0 saturated heterocycles. The van der Waals surface area contributed by atoms with Crippen molar-refractivity contribution in [2.24, 2.45) is 0 Å². The Kier molecular flexibility index (Phi) is 8.96. The first-order valence-corrected chi connectivity index (χ1v) is 4.32. The van der Waals surface area contributed by atoms with Crippen LogP contribution < -0.4 is 0 Å². The summed E-state index contributed by atoms with van der Waals surface area (Å²) < 4.78 is 0. The SMILES string of the molecule is CCC/C=C\CC/C=C/CO. The van der Waals surface area contributed by atoms with Gasteiger partial charge in [-0.1, -0.05) is 37.6 Å². The van der Waals surface area contributed by atoms with E-state index in [2.05, 4.69) is 19.1 Å². The van der Waals surface area contributed by atoms with Crippen molar-refractivity contribution in [1.82, 2.24) is 0 Å². The molecule has 0 unspecified atom stereocenters. The molecule has 0 spiro atoms. The molecule has 0 rings (SSSR count). The molecule has 0 aliphatic carbocycles. The van der Waals surface area contributed by atoms with Crippen molar-refractivity contribution in [3.05, 3.63) is 24.3 Å². The first-order chi connectivity index (χ1) is 5.41. The summed E-state index contributed by atoms with van der Waals surface area (Å²) in [5.41, 5.74) is 0. The Morgan fingerprint density at radius 2 is 1.45 bits per heavy atom. The fraction of sp³-hybridized carbons (Fsp3) is 0.600. The van der Waals surface area contributed by atoms with Gasteiger partial charge in [0.05, 0.1) is 6.61 Å². The van der Waals surface area contributed by atoms with Gasteiger partial charge >= 0.3 is 0 Å². The van der Waals surface area contributed by atoms with Crippen molar-refractivity contribution >= 4 is 0 Å². The maximum Gasteiger partial charge on any atom is 0.0612 e. The predicted molar refractivity (Wildman–Crippen MR) is 49.5 cm³/mol. The second-order valence-electron chi connectivity index (χ2n) is 2.49.